The van der Waals surface area contributed by atoms with Crippen molar-refractivity contribution in [2.45, 2.75) is 45.6 Å². The number of carbonyl (C=O) groups is 2. The zero-order valence-corrected chi connectivity index (χ0v) is 14.6. The van der Waals surface area contributed by atoms with Gasteiger partial charge in [-0.1, -0.05) is 19.0 Å². The molecule has 0 unspecified atom stereocenters. The number of nitrogens with zero attached hydrogens (tertiary/aromatic N) is 4. The number of carboxylic acid groups (broad SMARTS) is 1. The summed E-state index contributed by atoms with van der Waals surface area (Å²) in [5, 5.41) is 12.9. The molecule has 0 saturated carbocycles. The highest BCUT2D eigenvalue weighted by Gasteiger charge is 2.26. The summed E-state index contributed by atoms with van der Waals surface area (Å²) >= 11 is 0. The molecule has 1 aliphatic heterocycles. The highest BCUT2D eigenvalue weighted by molar-refractivity contribution is 5.77. The molecule has 0 aromatic carbocycles. The third kappa shape index (κ3) is 5.02. The van der Waals surface area contributed by atoms with Gasteiger partial charge in [0.15, 0.2) is 5.82 Å². The van der Waals surface area contributed by atoms with E-state index in [9.17, 15) is 9.59 Å². The van der Waals surface area contributed by atoms with E-state index in [0.29, 0.717) is 57.2 Å². The molecule has 1 fully saturated rings. The van der Waals surface area contributed by atoms with Crippen LogP contribution >= 0.6 is 0 Å². The molecule has 0 radical (unpaired) electrons. The van der Waals surface area contributed by atoms with Gasteiger partial charge in [0.25, 0.3) is 0 Å². The minimum Gasteiger partial charge on any atom is -0.481 e. The van der Waals surface area contributed by atoms with Crippen LogP contribution < -0.4 is 0 Å². The van der Waals surface area contributed by atoms with Crippen LogP contribution in [0.2, 0.25) is 0 Å². The van der Waals surface area contributed by atoms with Crippen molar-refractivity contribution < 1.29 is 19.2 Å². The van der Waals surface area contributed by atoms with Crippen LogP contribution in [-0.4, -0.2) is 63.6 Å². The number of hydrogen-bond donors (Lipinski definition) is 1. The van der Waals surface area contributed by atoms with Crippen molar-refractivity contribution in [3.8, 4) is 0 Å². The Morgan fingerprint density at radius 1 is 1.38 bits per heavy atom. The van der Waals surface area contributed by atoms with Gasteiger partial charge in [-0.15, -0.1) is 0 Å². The molecule has 24 heavy (non-hydrogen) atoms. The quantitative estimate of drug-likeness (QED) is 0.800. The number of aliphatic carboxylic acids is 1. The molecular formula is C16H26N4O4. The van der Waals surface area contributed by atoms with Gasteiger partial charge in [-0.3, -0.25) is 14.5 Å². The topological polar surface area (TPSA) is 99.8 Å². The van der Waals surface area contributed by atoms with Crippen molar-refractivity contribution in [3.63, 3.8) is 0 Å². The van der Waals surface area contributed by atoms with E-state index in [1.54, 1.807) is 4.90 Å². The summed E-state index contributed by atoms with van der Waals surface area (Å²) in [7, 11) is 1.91. The van der Waals surface area contributed by atoms with Crippen LogP contribution in [-0.2, 0) is 16.1 Å². The monoisotopic (exact) mass is 338 g/mol. The van der Waals surface area contributed by atoms with Crippen molar-refractivity contribution in [1.29, 1.82) is 0 Å². The number of aromatic nitrogens is 2. The van der Waals surface area contributed by atoms with Gasteiger partial charge in [0.05, 0.1) is 12.5 Å². The van der Waals surface area contributed by atoms with Crippen LogP contribution in [0.4, 0.5) is 0 Å². The van der Waals surface area contributed by atoms with E-state index in [0.717, 1.165) is 0 Å². The second-order valence-electron chi connectivity index (χ2n) is 6.68. The van der Waals surface area contributed by atoms with Gasteiger partial charge in [0, 0.05) is 32.0 Å². The highest BCUT2D eigenvalue weighted by atomic mass is 16.5. The molecular weight excluding hydrogens is 312 g/mol. The molecule has 0 spiro atoms. The molecule has 134 valence electrons. The number of rotatable bonds is 7. The van der Waals surface area contributed by atoms with E-state index in [1.165, 1.54) is 0 Å². The summed E-state index contributed by atoms with van der Waals surface area (Å²) < 4.78 is 5.20. The standard InChI is InChI=1S/C16H26N4O4/c1-11(2)15-17-13(24-18-15)10-19(3)7-6-14(21)20-8-4-12(5-9-20)16(22)23/h11-12H,4-10H2,1-3H3,(H,22,23). The predicted molar refractivity (Wildman–Crippen MR) is 86.3 cm³/mol. The summed E-state index contributed by atoms with van der Waals surface area (Å²) in [5.74, 6) is 0.459. The molecule has 8 heteroatoms. The predicted octanol–water partition coefficient (Wildman–Crippen LogP) is 1.34. The van der Waals surface area contributed by atoms with Gasteiger partial charge in [0.2, 0.25) is 11.8 Å². The molecule has 0 aliphatic carbocycles. The molecule has 1 saturated heterocycles. The van der Waals surface area contributed by atoms with Crippen LogP contribution in [0.5, 0.6) is 0 Å². The van der Waals surface area contributed by atoms with Crippen LogP contribution in [0, 0.1) is 5.92 Å². The van der Waals surface area contributed by atoms with Crippen LogP contribution in [0.15, 0.2) is 4.52 Å². The summed E-state index contributed by atoms with van der Waals surface area (Å²) in [4.78, 5) is 31.2. The lowest BCUT2D eigenvalue weighted by Crippen LogP contribution is -2.41. The van der Waals surface area contributed by atoms with E-state index in [4.69, 9.17) is 9.63 Å². The Hall–Kier alpha value is -1.96. The van der Waals surface area contributed by atoms with E-state index in [1.807, 2.05) is 25.8 Å². The lowest BCUT2D eigenvalue weighted by Gasteiger charge is -2.30. The summed E-state index contributed by atoms with van der Waals surface area (Å²) in [6, 6.07) is 0. The summed E-state index contributed by atoms with van der Waals surface area (Å²) in [6.45, 7) is 6.17. The van der Waals surface area contributed by atoms with E-state index in [-0.39, 0.29) is 17.7 Å². The first kappa shape index (κ1) is 18.4. The van der Waals surface area contributed by atoms with Gasteiger partial charge < -0.3 is 14.5 Å². The van der Waals surface area contributed by atoms with Crippen LogP contribution in [0.25, 0.3) is 0 Å². The molecule has 0 bridgehead atoms. The third-order valence-corrected chi connectivity index (χ3v) is 4.31. The van der Waals surface area contributed by atoms with Gasteiger partial charge in [-0.05, 0) is 19.9 Å². The zero-order valence-electron chi connectivity index (χ0n) is 14.6. The Morgan fingerprint density at radius 3 is 2.58 bits per heavy atom. The van der Waals surface area contributed by atoms with Gasteiger partial charge in [0.1, 0.15) is 0 Å². The fraction of sp³-hybridized carbons (Fsp3) is 0.750. The summed E-state index contributed by atoms with van der Waals surface area (Å²) in [6.07, 6.45) is 1.48. The number of amides is 1. The van der Waals surface area contributed by atoms with Crippen molar-refractivity contribution in [1.82, 2.24) is 19.9 Å². The van der Waals surface area contributed by atoms with Crippen molar-refractivity contribution in [2.24, 2.45) is 5.92 Å². The molecule has 2 heterocycles. The molecule has 0 atom stereocenters. The molecule has 1 N–H and O–H groups in total. The number of hydrogen-bond acceptors (Lipinski definition) is 6. The minimum atomic E-state index is -0.762. The van der Waals surface area contributed by atoms with Gasteiger partial charge in [-0.2, -0.15) is 4.98 Å². The Balaban J connectivity index is 1.72. The average Bonchev–Trinajstić information content (AvgIpc) is 3.01. The van der Waals surface area contributed by atoms with E-state index in [2.05, 4.69) is 10.1 Å². The Bertz CT molecular complexity index is 564. The molecule has 1 aliphatic rings. The maximum absolute atomic E-state index is 12.2. The number of carboxylic acids is 1. The summed E-state index contributed by atoms with van der Waals surface area (Å²) in [5.41, 5.74) is 0. The molecule has 1 aromatic heterocycles. The number of likely N-dealkylation sites (tertiary alicyclic amines) is 1. The average molecular weight is 338 g/mol. The van der Waals surface area contributed by atoms with Crippen LogP contribution in [0.1, 0.15) is 50.7 Å². The van der Waals surface area contributed by atoms with E-state index >= 15 is 0 Å². The van der Waals surface area contributed by atoms with Crippen LogP contribution in [0.3, 0.4) is 0 Å². The Labute approximate surface area is 141 Å². The number of piperidine rings is 1. The van der Waals surface area contributed by atoms with Crippen molar-refractivity contribution >= 4 is 11.9 Å². The SMILES string of the molecule is CC(C)c1noc(CN(C)CCC(=O)N2CCC(C(=O)O)CC2)n1. The van der Waals surface area contributed by atoms with E-state index < -0.39 is 5.97 Å². The first-order chi connectivity index (χ1) is 11.4. The Kier molecular flexibility index (Phi) is 6.30. The molecule has 8 nitrogen and oxygen atoms in total. The molecule has 2 rings (SSSR count). The smallest absolute Gasteiger partial charge is 0.306 e. The third-order valence-electron chi connectivity index (χ3n) is 4.31. The first-order valence-corrected chi connectivity index (χ1v) is 8.38. The van der Waals surface area contributed by atoms with Gasteiger partial charge >= 0.3 is 5.97 Å². The fourth-order valence-electron chi connectivity index (χ4n) is 2.70. The maximum atomic E-state index is 12.2. The second-order valence-corrected chi connectivity index (χ2v) is 6.68. The minimum absolute atomic E-state index is 0.0686. The fourth-order valence-corrected chi connectivity index (χ4v) is 2.70. The molecule has 1 amide bonds. The van der Waals surface area contributed by atoms with Crippen molar-refractivity contribution in [2.75, 3.05) is 26.7 Å². The second kappa shape index (κ2) is 8.23. The zero-order chi connectivity index (χ0) is 17.7. The lowest BCUT2D eigenvalue weighted by molar-refractivity contribution is -0.145. The largest absolute Gasteiger partial charge is 0.481 e. The first-order valence-electron chi connectivity index (χ1n) is 8.38. The lowest BCUT2D eigenvalue weighted by atomic mass is 9.97. The maximum Gasteiger partial charge on any atom is 0.306 e. The number of carbonyl (C=O) groups excluding carboxylic acids is 1. The molecule has 1 aromatic rings. The van der Waals surface area contributed by atoms with Gasteiger partial charge in [-0.25, -0.2) is 0 Å². The Morgan fingerprint density at radius 2 is 2.04 bits per heavy atom. The highest BCUT2D eigenvalue weighted by Crippen LogP contribution is 2.18. The normalized spacial score (nSPS) is 16.1. The van der Waals surface area contributed by atoms with Crippen molar-refractivity contribution in [3.05, 3.63) is 11.7 Å².